The minimum atomic E-state index is -0.963. The zero-order chi connectivity index (χ0) is 21.1. The molecule has 8 heteroatoms. The van der Waals surface area contributed by atoms with Crippen LogP contribution >= 0.6 is 0 Å². The van der Waals surface area contributed by atoms with Gasteiger partial charge in [0.2, 0.25) is 0 Å². The summed E-state index contributed by atoms with van der Waals surface area (Å²) in [7, 11) is 1.31. The molecule has 1 aromatic rings. The second-order valence-electron chi connectivity index (χ2n) is 7.81. The van der Waals surface area contributed by atoms with Gasteiger partial charge in [-0.05, 0) is 18.4 Å². The molecule has 0 spiro atoms. The highest BCUT2D eigenvalue weighted by atomic mass is 16.6. The largest absolute Gasteiger partial charge is 0.469 e. The van der Waals surface area contributed by atoms with E-state index in [-0.39, 0.29) is 24.0 Å². The fraction of sp³-hybridized carbons (Fsp3) is 0.591. The summed E-state index contributed by atoms with van der Waals surface area (Å²) in [5.74, 6) is -0.887. The van der Waals surface area contributed by atoms with Crippen molar-refractivity contribution in [1.29, 1.82) is 0 Å². The Kier molecular flexibility index (Phi) is 6.58. The van der Waals surface area contributed by atoms with Gasteiger partial charge in [0.05, 0.1) is 32.3 Å². The van der Waals surface area contributed by atoms with Gasteiger partial charge in [-0.3, -0.25) is 14.4 Å². The molecule has 3 aliphatic rings. The van der Waals surface area contributed by atoms with Crippen LogP contribution in [0.1, 0.15) is 31.2 Å². The molecule has 3 fully saturated rings. The molecule has 4 rings (SSSR count). The van der Waals surface area contributed by atoms with Gasteiger partial charge in [-0.25, -0.2) is 0 Å². The third-order valence-corrected chi connectivity index (χ3v) is 5.77. The maximum atomic E-state index is 12.9. The highest BCUT2D eigenvalue weighted by Crippen LogP contribution is 2.36. The number of carbonyl (C=O) groups is 3. The van der Waals surface area contributed by atoms with Crippen LogP contribution in [0.2, 0.25) is 0 Å². The van der Waals surface area contributed by atoms with E-state index in [1.165, 1.54) is 7.11 Å². The first kappa shape index (κ1) is 21.1. The van der Waals surface area contributed by atoms with Crippen molar-refractivity contribution in [2.75, 3.05) is 13.7 Å². The van der Waals surface area contributed by atoms with E-state index in [0.717, 1.165) is 5.56 Å². The number of ether oxygens (including phenoxy) is 5. The number of hydrogen-bond donors (Lipinski definition) is 0. The van der Waals surface area contributed by atoms with Gasteiger partial charge >= 0.3 is 5.97 Å². The summed E-state index contributed by atoms with van der Waals surface area (Å²) in [6.45, 7) is 0.785. The zero-order valence-electron chi connectivity index (χ0n) is 16.9. The molecule has 8 nitrogen and oxygen atoms in total. The number of hydrogen-bond acceptors (Lipinski definition) is 8. The Balaban J connectivity index is 1.30. The second-order valence-corrected chi connectivity index (χ2v) is 7.81. The van der Waals surface area contributed by atoms with Crippen LogP contribution in [0.15, 0.2) is 30.3 Å². The Morgan fingerprint density at radius 2 is 1.77 bits per heavy atom. The van der Waals surface area contributed by atoms with E-state index in [2.05, 4.69) is 4.74 Å². The van der Waals surface area contributed by atoms with Crippen molar-refractivity contribution < 1.29 is 38.1 Å². The van der Waals surface area contributed by atoms with Crippen LogP contribution in [0.4, 0.5) is 0 Å². The molecule has 0 amide bonds. The van der Waals surface area contributed by atoms with Crippen molar-refractivity contribution in [2.24, 2.45) is 0 Å². The quantitative estimate of drug-likeness (QED) is 0.484. The molecule has 0 saturated carbocycles. The van der Waals surface area contributed by atoms with Crippen LogP contribution in [0.5, 0.6) is 0 Å². The highest BCUT2D eigenvalue weighted by molar-refractivity contribution is 6.00. The van der Waals surface area contributed by atoms with Crippen LogP contribution in [-0.4, -0.2) is 67.9 Å². The van der Waals surface area contributed by atoms with E-state index in [1.807, 2.05) is 30.3 Å². The lowest BCUT2D eigenvalue weighted by molar-refractivity contribution is -0.207. The molecule has 3 aliphatic heterocycles. The Hall–Kier alpha value is -2.13. The molecule has 1 aromatic carbocycles. The summed E-state index contributed by atoms with van der Waals surface area (Å²) < 4.78 is 27.8. The number of ketones is 2. The van der Waals surface area contributed by atoms with Crippen molar-refractivity contribution in [3.05, 3.63) is 35.9 Å². The van der Waals surface area contributed by atoms with Gasteiger partial charge < -0.3 is 23.7 Å². The first-order valence-corrected chi connectivity index (χ1v) is 10.3. The van der Waals surface area contributed by atoms with Crippen molar-refractivity contribution in [2.45, 2.75) is 68.9 Å². The Labute approximate surface area is 174 Å². The molecule has 30 heavy (non-hydrogen) atoms. The molecule has 6 atom stereocenters. The van der Waals surface area contributed by atoms with Gasteiger partial charge in [0, 0.05) is 13.0 Å². The van der Waals surface area contributed by atoms with Crippen molar-refractivity contribution in [1.82, 2.24) is 0 Å². The Morgan fingerprint density at radius 1 is 1.00 bits per heavy atom. The summed E-state index contributed by atoms with van der Waals surface area (Å²) in [5, 5.41) is 0. The van der Waals surface area contributed by atoms with Gasteiger partial charge in [-0.15, -0.1) is 0 Å². The van der Waals surface area contributed by atoms with Crippen molar-refractivity contribution >= 4 is 17.5 Å². The van der Waals surface area contributed by atoms with Crippen molar-refractivity contribution in [3.8, 4) is 0 Å². The van der Waals surface area contributed by atoms with Gasteiger partial charge in [0.25, 0.3) is 0 Å². The average Bonchev–Trinajstić information content (AvgIpc) is 3.08. The van der Waals surface area contributed by atoms with E-state index >= 15 is 0 Å². The van der Waals surface area contributed by atoms with Crippen molar-refractivity contribution in [3.63, 3.8) is 0 Å². The zero-order valence-corrected chi connectivity index (χ0v) is 16.9. The van der Waals surface area contributed by atoms with Gasteiger partial charge in [-0.2, -0.15) is 0 Å². The molecule has 0 radical (unpaired) electrons. The number of esters is 1. The fourth-order valence-electron chi connectivity index (χ4n) is 4.19. The molecule has 2 unspecified atom stereocenters. The topological polar surface area (TPSA) is 97.4 Å². The number of methoxy groups -OCH3 is 1. The third kappa shape index (κ3) is 4.46. The Morgan fingerprint density at radius 3 is 2.53 bits per heavy atom. The third-order valence-electron chi connectivity index (χ3n) is 5.77. The standard InChI is InChI=1S/C22H26O8/c1-26-17(23)11-14-7-8-16-20(28-14)19(25)22-21(30-16)18(24)15(29-22)9-10-27-12-13-5-3-2-4-6-13/h2-6,14-16,20-22H,7-12H2,1H3/t14?,15?,16-,20-,21-,22-/m0/s1. The van der Waals surface area contributed by atoms with E-state index in [9.17, 15) is 14.4 Å². The maximum Gasteiger partial charge on any atom is 0.308 e. The first-order chi connectivity index (χ1) is 14.6. The Bertz CT molecular complexity index is 779. The summed E-state index contributed by atoms with van der Waals surface area (Å²) in [6, 6.07) is 9.74. The normalized spacial score (nSPS) is 33.1. The lowest BCUT2D eigenvalue weighted by Crippen LogP contribution is -2.58. The molecule has 3 saturated heterocycles. The molecule has 0 bridgehead atoms. The van der Waals surface area contributed by atoms with E-state index in [1.54, 1.807) is 0 Å². The lowest BCUT2D eigenvalue weighted by Gasteiger charge is -2.41. The highest BCUT2D eigenvalue weighted by Gasteiger charge is 2.56. The van der Waals surface area contributed by atoms with E-state index < -0.39 is 36.6 Å². The molecule has 0 aliphatic carbocycles. The predicted octanol–water partition coefficient (Wildman–Crippen LogP) is 1.38. The van der Waals surface area contributed by atoms with Crippen LogP contribution in [0.3, 0.4) is 0 Å². The van der Waals surface area contributed by atoms with Crippen LogP contribution in [-0.2, 0) is 44.7 Å². The lowest BCUT2D eigenvalue weighted by atomic mass is 9.89. The molecule has 0 N–H and O–H groups in total. The number of fused-ring (bicyclic) bond motifs is 2. The fourth-order valence-corrected chi connectivity index (χ4v) is 4.19. The van der Waals surface area contributed by atoms with Crippen LogP contribution in [0, 0.1) is 0 Å². The number of benzene rings is 1. The molecular formula is C22H26O8. The van der Waals surface area contributed by atoms with E-state index in [4.69, 9.17) is 18.9 Å². The molecular weight excluding hydrogens is 392 g/mol. The summed E-state index contributed by atoms with van der Waals surface area (Å²) in [4.78, 5) is 37.1. The monoisotopic (exact) mass is 418 g/mol. The summed E-state index contributed by atoms with van der Waals surface area (Å²) in [6.07, 6.45) is -2.75. The van der Waals surface area contributed by atoms with E-state index in [0.29, 0.717) is 32.5 Å². The minimum Gasteiger partial charge on any atom is -0.469 e. The maximum absolute atomic E-state index is 12.9. The summed E-state index contributed by atoms with van der Waals surface area (Å²) >= 11 is 0. The minimum absolute atomic E-state index is 0.0856. The molecule has 3 heterocycles. The molecule has 162 valence electrons. The van der Waals surface area contributed by atoms with Gasteiger partial charge in [0.15, 0.2) is 23.8 Å². The predicted molar refractivity (Wildman–Crippen MR) is 103 cm³/mol. The van der Waals surface area contributed by atoms with Crippen LogP contribution < -0.4 is 0 Å². The number of carbonyl (C=O) groups excluding carboxylic acids is 3. The smallest absolute Gasteiger partial charge is 0.308 e. The first-order valence-electron chi connectivity index (χ1n) is 10.3. The molecule has 0 aromatic heterocycles. The number of rotatable bonds is 7. The second kappa shape index (κ2) is 9.34. The SMILES string of the molecule is COC(=O)CC1CC[C@@H]2O[C@H]3C(=O)C(CCOCc4ccccc4)O[C@H]3C(=O)[C@H]2O1. The average molecular weight is 418 g/mol. The summed E-state index contributed by atoms with van der Waals surface area (Å²) in [5.41, 5.74) is 1.05. The van der Waals surface area contributed by atoms with Gasteiger partial charge in [0.1, 0.15) is 12.2 Å². The van der Waals surface area contributed by atoms with Crippen LogP contribution in [0.25, 0.3) is 0 Å². The van der Waals surface area contributed by atoms with Gasteiger partial charge in [-0.1, -0.05) is 30.3 Å². The number of Topliss-reactive ketones (excluding diaryl/α,β-unsaturated/α-hetero) is 2.